The van der Waals surface area contributed by atoms with Crippen LogP contribution in [0, 0.1) is 54.4 Å². The van der Waals surface area contributed by atoms with E-state index < -0.39 is 0 Å². The van der Waals surface area contributed by atoms with Gasteiger partial charge in [-0.1, -0.05) is 80.3 Å². The van der Waals surface area contributed by atoms with Gasteiger partial charge in [0.15, 0.2) is 24.3 Å². The number of anilines is 3. The molecule has 0 radical (unpaired) electrons. The van der Waals surface area contributed by atoms with Crippen molar-refractivity contribution >= 4 is 27.8 Å². The lowest BCUT2D eigenvalue weighted by molar-refractivity contribution is -0.666. The van der Waals surface area contributed by atoms with Gasteiger partial charge in [0.05, 0.1) is 28.7 Å². The molecule has 1 unspecified atom stereocenters. The average molecular weight is 1330 g/mol. The molecular formula is C89H111N11+4. The van der Waals surface area contributed by atoms with E-state index in [1.165, 1.54) is 180 Å². The van der Waals surface area contributed by atoms with Crippen molar-refractivity contribution in [1.29, 1.82) is 0 Å². The minimum Gasteiger partial charge on any atom is -0.375 e. The fourth-order valence-corrected chi connectivity index (χ4v) is 16.6. The lowest BCUT2D eigenvalue weighted by Gasteiger charge is -2.34. The largest absolute Gasteiger partial charge is 0.375 e. The van der Waals surface area contributed by atoms with Crippen LogP contribution in [0.3, 0.4) is 0 Å². The van der Waals surface area contributed by atoms with Gasteiger partial charge in [-0.3, -0.25) is 0 Å². The predicted molar refractivity (Wildman–Crippen MR) is 416 cm³/mol. The second-order valence-corrected chi connectivity index (χ2v) is 29.4. The zero-order valence-corrected chi connectivity index (χ0v) is 63.3. The summed E-state index contributed by atoms with van der Waals surface area (Å²) in [6.07, 6.45) is 31.7. The molecule has 0 saturated heterocycles. The number of allylic oxidation sites excluding steroid dienone is 2. The van der Waals surface area contributed by atoms with Gasteiger partial charge in [-0.25, -0.2) is 13.7 Å². The van der Waals surface area contributed by atoms with Crippen LogP contribution in [0.5, 0.6) is 0 Å². The zero-order valence-electron chi connectivity index (χ0n) is 63.3. The predicted octanol–water partition coefficient (Wildman–Crippen LogP) is 17.5. The molecule has 100 heavy (non-hydrogen) atoms. The molecule has 8 heterocycles. The number of fused-ring (bicyclic) bond motifs is 1. The van der Waals surface area contributed by atoms with Crippen LogP contribution < -0.4 is 33.0 Å². The molecule has 11 heteroatoms. The fraction of sp³-hybridized carbons (Fsp3) is 0.371. The summed E-state index contributed by atoms with van der Waals surface area (Å²) in [6.45, 7) is 25.6. The molecule has 2 aliphatic carbocycles. The summed E-state index contributed by atoms with van der Waals surface area (Å²) >= 11 is 0. The molecule has 0 bridgehead atoms. The summed E-state index contributed by atoms with van der Waals surface area (Å²) in [7, 11) is 15.0. The topological polar surface area (TPSA) is 38.2 Å². The highest BCUT2D eigenvalue weighted by Crippen LogP contribution is 2.43. The Bertz CT molecular complexity index is 4580. The third kappa shape index (κ3) is 14.1. The molecule has 518 valence electrons. The van der Waals surface area contributed by atoms with E-state index in [0.29, 0.717) is 30.3 Å². The van der Waals surface area contributed by atoms with Gasteiger partial charge in [0.1, 0.15) is 40.5 Å². The Labute approximate surface area is 599 Å². The molecule has 4 atom stereocenters. The molecule has 9 aromatic rings. The lowest BCUT2D eigenvalue weighted by atomic mass is 9.87. The Morgan fingerprint density at radius 2 is 1.05 bits per heavy atom. The second kappa shape index (κ2) is 30.2. The molecule has 0 spiro atoms. The Kier molecular flexibility index (Phi) is 21.2. The highest BCUT2D eigenvalue weighted by molar-refractivity contribution is 5.94. The van der Waals surface area contributed by atoms with Crippen molar-refractivity contribution in [2.24, 2.45) is 34.1 Å². The van der Waals surface area contributed by atoms with Crippen molar-refractivity contribution in [3.63, 3.8) is 0 Å². The van der Waals surface area contributed by atoms with Gasteiger partial charge in [0.2, 0.25) is 22.8 Å². The van der Waals surface area contributed by atoms with Crippen LogP contribution in [0.2, 0.25) is 0 Å². The Hall–Kier alpha value is -9.48. The maximum atomic E-state index is 2.56. The second-order valence-electron chi connectivity index (χ2n) is 29.4. The molecule has 4 aromatic heterocycles. The van der Waals surface area contributed by atoms with Crippen molar-refractivity contribution in [2.45, 2.75) is 158 Å². The molecule has 4 aliphatic heterocycles. The summed E-state index contributed by atoms with van der Waals surface area (Å²) in [4.78, 5) is 16.8. The van der Waals surface area contributed by atoms with Gasteiger partial charge in [0.25, 0.3) is 0 Å². The molecule has 2 saturated carbocycles. The SMILES string of the molecule is CC1=CC(c2cccc(-c3cccc[n+]3C)c2C)[C@H](C)N1C.Cc1c(-c2c3ccccc3cc[n+]2C)cccc1N1C=CN(C)[C@H]1C.Cc1c(-c2cccc(C)[n+]2C)cccc1N1CN(C)C=C1C1CCCC1.Cc1cc(-c2cccc(N3C=CN(C4CCCC4)[C@H]3C)c2C)[n+](C)cc1C. The Balaban J connectivity index is 0.000000127. The van der Waals surface area contributed by atoms with Crippen LogP contribution in [0.15, 0.2) is 213 Å². The van der Waals surface area contributed by atoms with Crippen molar-refractivity contribution in [2.75, 3.05) is 42.5 Å². The standard InChI is InChI=1S/C24H32N3.C23H30N3.C22H24N3.C20H25N2/c1-17-15-24(25(5)16-18(17)2)22-11-8-12-23(19(22)3)27-14-13-26(20(27)4)21-9-6-7-10-21;1-17-9-7-14-22(25(17)4)20-12-8-13-21(18(20)2)26-16-24(3)15-23(26)19-10-5-6-11-19;1-16-19(10-7-11-21(16)25-15-14-23(3)17(25)2)22-20-9-6-5-8-18(20)12-13-24(22)4;1-14-13-19(16(3)22(14)5)17-9-8-10-18(15(17)2)20-11-6-7-12-21(20)4/h8,11-16,20-21H,6-7,9-10H2,1-5H3;7-9,12-15,19H,5-6,10-11,16H2,1-4H3;5-15,17H,1-4H3;6-13,16,19H,1-5H3/q4*+1/t20-;;17-;16-,19?/m1.10/s1. The average Bonchev–Trinajstić information content (AvgIpc) is 1.11. The van der Waals surface area contributed by atoms with E-state index in [-0.39, 0.29) is 0 Å². The maximum Gasteiger partial charge on any atom is 0.220 e. The molecule has 11 nitrogen and oxygen atoms in total. The van der Waals surface area contributed by atoms with Crippen molar-refractivity contribution in [3.05, 3.63) is 257 Å². The first-order chi connectivity index (χ1) is 48.1. The van der Waals surface area contributed by atoms with Gasteiger partial charge in [0, 0.05) is 159 Å². The van der Waals surface area contributed by atoms with Gasteiger partial charge in [-0.05, 0) is 194 Å². The monoisotopic (exact) mass is 1330 g/mol. The third-order valence-corrected chi connectivity index (χ3v) is 23.3. The van der Waals surface area contributed by atoms with Crippen LogP contribution in [-0.2, 0) is 28.2 Å². The first kappa shape index (κ1) is 70.4. The number of pyridine rings is 4. The van der Waals surface area contributed by atoms with Crippen LogP contribution in [-0.4, -0.2) is 71.8 Å². The highest BCUT2D eigenvalue weighted by Gasteiger charge is 2.35. The summed E-state index contributed by atoms with van der Waals surface area (Å²) < 4.78 is 8.96. The van der Waals surface area contributed by atoms with E-state index in [1.807, 2.05) is 0 Å². The smallest absolute Gasteiger partial charge is 0.220 e. The molecule has 5 aromatic carbocycles. The quantitative estimate of drug-likeness (QED) is 0.126. The van der Waals surface area contributed by atoms with Crippen molar-refractivity contribution in [3.8, 4) is 45.0 Å². The first-order valence-electron chi connectivity index (χ1n) is 36.8. The van der Waals surface area contributed by atoms with E-state index in [9.17, 15) is 0 Å². The van der Waals surface area contributed by atoms with Crippen LogP contribution in [0.1, 0.15) is 130 Å². The van der Waals surface area contributed by atoms with Crippen molar-refractivity contribution < 1.29 is 18.3 Å². The van der Waals surface area contributed by atoms with Crippen LogP contribution in [0.25, 0.3) is 55.8 Å². The number of benzene rings is 5. The number of hydrogen-bond donors (Lipinski definition) is 0. The minimum absolute atomic E-state index is 0.329. The molecule has 6 aliphatic rings. The Morgan fingerprint density at radius 1 is 0.470 bits per heavy atom. The lowest BCUT2D eigenvalue weighted by Crippen LogP contribution is -2.41. The zero-order chi connectivity index (χ0) is 70.8. The van der Waals surface area contributed by atoms with E-state index >= 15 is 0 Å². The molecule has 2 fully saturated rings. The fourth-order valence-electron chi connectivity index (χ4n) is 16.6. The third-order valence-electron chi connectivity index (χ3n) is 23.3. The van der Waals surface area contributed by atoms with Crippen molar-refractivity contribution in [1.82, 2.24) is 19.6 Å². The number of aromatic nitrogens is 4. The van der Waals surface area contributed by atoms with Gasteiger partial charge in [-0.2, -0.15) is 4.57 Å². The number of hydrogen-bond acceptors (Lipinski definition) is 7. The number of nitrogens with zero attached hydrogens (tertiary/aromatic N) is 11. The maximum absolute atomic E-state index is 2.56. The number of rotatable bonds is 10. The molecule has 0 amide bonds. The summed E-state index contributed by atoms with van der Waals surface area (Å²) in [5, 5.41) is 2.56. The van der Waals surface area contributed by atoms with E-state index in [4.69, 9.17) is 0 Å². The minimum atomic E-state index is 0.329. The highest BCUT2D eigenvalue weighted by atomic mass is 15.4. The van der Waals surface area contributed by atoms with Gasteiger partial charge < -0.3 is 34.3 Å². The van der Waals surface area contributed by atoms with E-state index in [0.717, 1.165) is 12.6 Å². The van der Waals surface area contributed by atoms with Gasteiger partial charge >= 0.3 is 0 Å². The van der Waals surface area contributed by atoms with E-state index in [2.05, 4.69) is 379 Å². The van der Waals surface area contributed by atoms with Crippen LogP contribution in [0.4, 0.5) is 17.1 Å². The summed E-state index contributed by atoms with van der Waals surface area (Å²) in [5.41, 5.74) is 28.0. The van der Waals surface area contributed by atoms with Crippen LogP contribution >= 0.6 is 0 Å². The van der Waals surface area contributed by atoms with Gasteiger partial charge in [-0.15, -0.1) is 0 Å². The van der Waals surface area contributed by atoms with E-state index in [1.54, 1.807) is 0 Å². The Morgan fingerprint density at radius 3 is 1.72 bits per heavy atom. The number of aryl methyl sites for hydroxylation is 6. The molecule has 0 N–H and O–H groups in total. The molecule has 15 rings (SSSR count). The molecular weight excluding hydrogens is 1220 g/mol. The first-order valence-corrected chi connectivity index (χ1v) is 36.8. The summed E-state index contributed by atoms with van der Waals surface area (Å²) in [5.74, 6) is 1.19. The normalized spacial score (nSPS) is 19.0. The summed E-state index contributed by atoms with van der Waals surface area (Å²) in [6, 6.07) is 54.0. The number of likely N-dealkylation sites (N-methyl/N-ethyl adjacent to an activating group) is 1.